The van der Waals surface area contributed by atoms with Gasteiger partial charge in [0, 0.05) is 5.92 Å². The minimum absolute atomic E-state index is 0.0149. The van der Waals surface area contributed by atoms with Crippen molar-refractivity contribution in [2.45, 2.75) is 33.2 Å². The van der Waals surface area contributed by atoms with Crippen LogP contribution < -0.4 is 5.32 Å². The Morgan fingerprint density at radius 1 is 1.29 bits per heavy atom. The number of hydrogen-bond acceptors (Lipinski definition) is 4. The van der Waals surface area contributed by atoms with Crippen molar-refractivity contribution in [1.29, 1.82) is 0 Å². The second kappa shape index (κ2) is 6.97. The molecule has 0 radical (unpaired) electrons. The molecule has 112 valence electrons. The zero-order chi connectivity index (χ0) is 15.2. The summed E-state index contributed by atoms with van der Waals surface area (Å²) in [6.07, 6.45) is 1.57. The van der Waals surface area contributed by atoms with E-state index < -0.39 is 5.82 Å². The fraction of sp³-hybridized carbons (Fsp3) is 0.400. The molecule has 0 saturated heterocycles. The molecule has 1 amide bonds. The van der Waals surface area contributed by atoms with Gasteiger partial charge in [0.2, 0.25) is 11.8 Å². The van der Waals surface area contributed by atoms with Crippen molar-refractivity contribution >= 4 is 5.91 Å². The largest absolute Gasteiger partial charge is 0.419 e. The van der Waals surface area contributed by atoms with Crippen LogP contribution in [-0.2, 0) is 11.3 Å². The Balaban J connectivity index is 2.01. The number of amides is 1. The van der Waals surface area contributed by atoms with Crippen LogP contribution in [0.3, 0.4) is 0 Å². The first-order valence-corrected chi connectivity index (χ1v) is 7.00. The molecule has 2 aromatic rings. The maximum absolute atomic E-state index is 13.6. The Labute approximate surface area is 122 Å². The Kier molecular flexibility index (Phi) is 5.03. The lowest BCUT2D eigenvalue weighted by atomic mass is 10.0. The summed E-state index contributed by atoms with van der Waals surface area (Å²) in [5, 5.41) is 10.4. The van der Waals surface area contributed by atoms with E-state index in [4.69, 9.17) is 4.42 Å². The highest BCUT2D eigenvalue weighted by Crippen LogP contribution is 2.20. The van der Waals surface area contributed by atoms with Crippen molar-refractivity contribution in [2.75, 3.05) is 0 Å². The summed E-state index contributed by atoms with van der Waals surface area (Å²) in [6, 6.07) is 6.17. The molecule has 1 aromatic carbocycles. The van der Waals surface area contributed by atoms with Crippen molar-refractivity contribution in [3.63, 3.8) is 0 Å². The van der Waals surface area contributed by atoms with Crippen LogP contribution in [0.2, 0.25) is 0 Å². The third kappa shape index (κ3) is 3.65. The summed E-state index contributed by atoms with van der Waals surface area (Å²) < 4.78 is 19.0. The molecular weight excluding hydrogens is 273 g/mol. The molecule has 0 fully saturated rings. The number of carbonyl (C=O) groups is 1. The highest BCUT2D eigenvalue weighted by Gasteiger charge is 2.16. The van der Waals surface area contributed by atoms with Crippen LogP contribution >= 0.6 is 0 Å². The molecule has 2 rings (SSSR count). The van der Waals surface area contributed by atoms with E-state index in [2.05, 4.69) is 15.5 Å². The van der Waals surface area contributed by atoms with Gasteiger partial charge in [-0.15, -0.1) is 10.2 Å². The second-order valence-electron chi connectivity index (χ2n) is 4.71. The quantitative estimate of drug-likeness (QED) is 0.888. The number of benzene rings is 1. The highest BCUT2D eigenvalue weighted by atomic mass is 19.1. The standard InChI is InChI=1S/C15H18FN3O2/c1-3-10(4-2)14(20)17-9-13-18-19-15(21-13)11-7-5-6-8-12(11)16/h5-8,10H,3-4,9H2,1-2H3,(H,17,20). The molecule has 1 heterocycles. The van der Waals surface area contributed by atoms with Crippen molar-refractivity contribution in [2.24, 2.45) is 5.92 Å². The lowest BCUT2D eigenvalue weighted by molar-refractivity contribution is -0.125. The third-order valence-corrected chi connectivity index (χ3v) is 3.34. The molecule has 0 atom stereocenters. The predicted octanol–water partition coefficient (Wildman–Crippen LogP) is 2.93. The summed E-state index contributed by atoms with van der Waals surface area (Å²) in [7, 11) is 0. The number of halogens is 1. The molecule has 0 aliphatic carbocycles. The Morgan fingerprint density at radius 2 is 2.00 bits per heavy atom. The first-order valence-electron chi connectivity index (χ1n) is 7.00. The van der Waals surface area contributed by atoms with E-state index >= 15 is 0 Å². The minimum Gasteiger partial charge on any atom is -0.419 e. The van der Waals surface area contributed by atoms with E-state index in [1.54, 1.807) is 18.2 Å². The monoisotopic (exact) mass is 291 g/mol. The summed E-state index contributed by atoms with van der Waals surface area (Å²) in [5.74, 6) is -0.106. The van der Waals surface area contributed by atoms with Gasteiger partial charge in [-0.1, -0.05) is 26.0 Å². The SMILES string of the molecule is CCC(CC)C(=O)NCc1nnc(-c2ccccc2F)o1. The number of hydrogen-bond donors (Lipinski definition) is 1. The average molecular weight is 291 g/mol. The smallest absolute Gasteiger partial charge is 0.250 e. The van der Waals surface area contributed by atoms with Crippen LogP contribution in [0.4, 0.5) is 4.39 Å². The van der Waals surface area contributed by atoms with Crippen molar-refractivity contribution in [3.8, 4) is 11.5 Å². The van der Waals surface area contributed by atoms with Gasteiger partial charge >= 0.3 is 0 Å². The number of nitrogens with zero attached hydrogens (tertiary/aromatic N) is 2. The van der Waals surface area contributed by atoms with Gasteiger partial charge in [-0.05, 0) is 25.0 Å². The molecule has 0 aliphatic rings. The number of carbonyl (C=O) groups excluding carboxylic acids is 1. The Morgan fingerprint density at radius 3 is 2.67 bits per heavy atom. The lowest BCUT2D eigenvalue weighted by Crippen LogP contribution is -2.29. The average Bonchev–Trinajstić information content (AvgIpc) is 2.95. The van der Waals surface area contributed by atoms with Crippen LogP contribution in [0.15, 0.2) is 28.7 Å². The molecule has 1 aromatic heterocycles. The molecule has 0 saturated carbocycles. The Hall–Kier alpha value is -2.24. The first kappa shape index (κ1) is 15.2. The molecule has 6 heteroatoms. The fourth-order valence-corrected chi connectivity index (χ4v) is 2.04. The van der Waals surface area contributed by atoms with Gasteiger partial charge in [-0.2, -0.15) is 0 Å². The summed E-state index contributed by atoms with van der Waals surface area (Å²) in [6.45, 7) is 4.09. The van der Waals surface area contributed by atoms with Crippen LogP contribution in [0.25, 0.3) is 11.5 Å². The van der Waals surface area contributed by atoms with E-state index in [9.17, 15) is 9.18 Å². The van der Waals surface area contributed by atoms with Gasteiger partial charge in [0.05, 0.1) is 12.1 Å². The molecule has 5 nitrogen and oxygen atoms in total. The first-order chi connectivity index (χ1) is 10.2. The molecule has 0 aliphatic heterocycles. The summed E-state index contributed by atoms with van der Waals surface area (Å²) in [4.78, 5) is 11.8. The van der Waals surface area contributed by atoms with Crippen LogP contribution in [0.5, 0.6) is 0 Å². The van der Waals surface area contributed by atoms with Crippen LogP contribution in [0.1, 0.15) is 32.6 Å². The fourth-order valence-electron chi connectivity index (χ4n) is 2.04. The molecule has 21 heavy (non-hydrogen) atoms. The topological polar surface area (TPSA) is 68.0 Å². The maximum atomic E-state index is 13.6. The van der Waals surface area contributed by atoms with Crippen molar-refractivity contribution in [1.82, 2.24) is 15.5 Å². The van der Waals surface area contributed by atoms with Crippen molar-refractivity contribution < 1.29 is 13.6 Å². The summed E-state index contributed by atoms with van der Waals surface area (Å²) in [5.41, 5.74) is 0.252. The van der Waals surface area contributed by atoms with E-state index in [1.807, 2.05) is 13.8 Å². The van der Waals surface area contributed by atoms with Gasteiger partial charge in [0.15, 0.2) is 0 Å². The van der Waals surface area contributed by atoms with Crippen molar-refractivity contribution in [3.05, 3.63) is 36.0 Å². The second-order valence-corrected chi connectivity index (χ2v) is 4.71. The number of aromatic nitrogens is 2. The maximum Gasteiger partial charge on any atom is 0.250 e. The van der Waals surface area contributed by atoms with E-state index in [0.29, 0.717) is 0 Å². The van der Waals surface area contributed by atoms with E-state index in [-0.39, 0.29) is 35.7 Å². The molecule has 0 spiro atoms. The van der Waals surface area contributed by atoms with E-state index in [0.717, 1.165) is 12.8 Å². The zero-order valence-electron chi connectivity index (χ0n) is 12.1. The normalized spacial score (nSPS) is 10.9. The third-order valence-electron chi connectivity index (χ3n) is 3.34. The van der Waals surface area contributed by atoms with Gasteiger partial charge in [0.1, 0.15) is 5.82 Å². The van der Waals surface area contributed by atoms with Gasteiger partial charge < -0.3 is 9.73 Å². The van der Waals surface area contributed by atoms with Gasteiger partial charge in [0.25, 0.3) is 5.89 Å². The van der Waals surface area contributed by atoms with Gasteiger partial charge in [-0.3, -0.25) is 4.79 Å². The summed E-state index contributed by atoms with van der Waals surface area (Å²) >= 11 is 0. The van der Waals surface area contributed by atoms with E-state index in [1.165, 1.54) is 6.07 Å². The molecule has 0 bridgehead atoms. The van der Waals surface area contributed by atoms with Gasteiger partial charge in [-0.25, -0.2) is 4.39 Å². The minimum atomic E-state index is -0.422. The number of nitrogens with one attached hydrogen (secondary N) is 1. The number of rotatable bonds is 6. The molecular formula is C15H18FN3O2. The lowest BCUT2D eigenvalue weighted by Gasteiger charge is -2.10. The zero-order valence-corrected chi connectivity index (χ0v) is 12.1. The highest BCUT2D eigenvalue weighted by molar-refractivity contribution is 5.78. The van der Waals surface area contributed by atoms with Crippen LogP contribution in [0, 0.1) is 11.7 Å². The molecule has 1 N–H and O–H groups in total. The van der Waals surface area contributed by atoms with Crippen LogP contribution in [-0.4, -0.2) is 16.1 Å². The Bertz CT molecular complexity index is 608. The molecule has 0 unspecified atom stereocenters. The predicted molar refractivity (Wildman–Crippen MR) is 75.6 cm³/mol.